The number of aliphatic hydroxyl groups excluding tert-OH is 1. The molecular formula is C27H34BrN4O11P. The molecule has 1 aromatic carbocycles. The fourth-order valence-corrected chi connectivity index (χ4v) is 7.04. The van der Waals surface area contributed by atoms with Crippen LogP contribution in [0.2, 0.25) is 0 Å². The Balaban J connectivity index is 1.56. The van der Waals surface area contributed by atoms with Crippen molar-refractivity contribution in [3.8, 4) is 5.75 Å². The molecule has 240 valence electrons. The number of nitro benzene ring substituents is 1. The smallest absolute Gasteiger partial charge is 0.459 e. The molecule has 0 radical (unpaired) electrons. The SMILES string of the molecule is CCCCOC(=O)C1(NP(=O)(OC[C@H]2O[C@@H](n3cc(/C=C/Br)c(=O)[nH]c3=O)CC2O)Oc2ccc([N+](=O)[O-])cc2)CCCC1. The number of nitro groups is 1. The number of halogens is 1. The summed E-state index contributed by atoms with van der Waals surface area (Å²) in [5.41, 5.74) is -2.78. The highest BCUT2D eigenvalue weighted by Crippen LogP contribution is 2.50. The van der Waals surface area contributed by atoms with Crippen molar-refractivity contribution in [2.45, 2.75) is 75.8 Å². The van der Waals surface area contributed by atoms with Gasteiger partial charge in [0.2, 0.25) is 0 Å². The molecule has 44 heavy (non-hydrogen) atoms. The lowest BCUT2D eigenvalue weighted by Crippen LogP contribution is -2.50. The van der Waals surface area contributed by atoms with Crippen LogP contribution < -0.4 is 20.9 Å². The van der Waals surface area contributed by atoms with Crippen LogP contribution in [-0.2, 0) is 23.4 Å². The fraction of sp³-hybridized carbons (Fsp3) is 0.519. The number of aromatic nitrogens is 2. The predicted molar refractivity (Wildman–Crippen MR) is 161 cm³/mol. The summed E-state index contributed by atoms with van der Waals surface area (Å²) >= 11 is 3.09. The van der Waals surface area contributed by atoms with Crippen LogP contribution in [0, 0.1) is 10.1 Å². The summed E-state index contributed by atoms with van der Waals surface area (Å²) in [4.78, 5) is 51.9. The molecule has 2 aromatic rings. The zero-order chi connectivity index (χ0) is 31.9. The van der Waals surface area contributed by atoms with Gasteiger partial charge >= 0.3 is 19.4 Å². The van der Waals surface area contributed by atoms with Crippen LogP contribution in [0.5, 0.6) is 5.75 Å². The molecule has 1 saturated carbocycles. The largest absolute Gasteiger partial charge is 0.464 e. The number of unbranched alkanes of at least 4 members (excludes halogenated alkanes) is 1. The van der Waals surface area contributed by atoms with Crippen molar-refractivity contribution in [2.75, 3.05) is 13.2 Å². The van der Waals surface area contributed by atoms with Crippen LogP contribution in [0.15, 0.2) is 45.0 Å². The van der Waals surface area contributed by atoms with Crippen LogP contribution in [0.4, 0.5) is 5.69 Å². The van der Waals surface area contributed by atoms with Crippen molar-refractivity contribution in [1.82, 2.24) is 14.6 Å². The number of esters is 1. The highest BCUT2D eigenvalue weighted by molar-refractivity contribution is 9.11. The lowest BCUT2D eigenvalue weighted by atomic mass is 10.00. The Morgan fingerprint density at radius 3 is 2.66 bits per heavy atom. The summed E-state index contributed by atoms with van der Waals surface area (Å²) in [5, 5.41) is 24.6. The van der Waals surface area contributed by atoms with Gasteiger partial charge in [0.05, 0.1) is 29.8 Å². The van der Waals surface area contributed by atoms with Crippen molar-refractivity contribution in [2.24, 2.45) is 0 Å². The quantitative estimate of drug-likeness (QED) is 0.0845. The van der Waals surface area contributed by atoms with E-state index in [4.69, 9.17) is 18.5 Å². The number of aromatic amines is 1. The van der Waals surface area contributed by atoms with Gasteiger partial charge in [-0.3, -0.25) is 33.8 Å². The molecular weight excluding hydrogens is 667 g/mol. The second-order valence-corrected chi connectivity index (χ2v) is 12.7. The Labute approximate surface area is 260 Å². The van der Waals surface area contributed by atoms with Gasteiger partial charge < -0.3 is 19.1 Å². The summed E-state index contributed by atoms with van der Waals surface area (Å²) in [6.07, 6.45) is 2.82. The number of carbonyl (C=O) groups excluding carboxylic acids is 1. The monoisotopic (exact) mass is 700 g/mol. The molecule has 1 saturated heterocycles. The van der Waals surface area contributed by atoms with E-state index in [2.05, 4.69) is 26.0 Å². The number of hydrogen-bond acceptors (Lipinski definition) is 11. The van der Waals surface area contributed by atoms with Gasteiger partial charge in [-0.05, 0) is 42.5 Å². The molecule has 0 bridgehead atoms. The first-order valence-electron chi connectivity index (χ1n) is 14.1. The van der Waals surface area contributed by atoms with Crippen molar-refractivity contribution < 1.29 is 37.9 Å². The van der Waals surface area contributed by atoms with E-state index in [1.807, 2.05) is 6.92 Å². The number of rotatable bonds is 14. The second-order valence-electron chi connectivity index (χ2n) is 10.5. The first-order valence-corrected chi connectivity index (χ1v) is 16.6. The van der Waals surface area contributed by atoms with Gasteiger partial charge in [0, 0.05) is 24.8 Å². The van der Waals surface area contributed by atoms with E-state index in [1.165, 1.54) is 41.5 Å². The molecule has 2 fully saturated rings. The van der Waals surface area contributed by atoms with Gasteiger partial charge in [-0.2, -0.15) is 5.09 Å². The number of ether oxygens (including phenoxy) is 2. The summed E-state index contributed by atoms with van der Waals surface area (Å²) in [6, 6.07) is 4.82. The van der Waals surface area contributed by atoms with Gasteiger partial charge in [0.15, 0.2) is 0 Å². The normalized spacial score (nSPS) is 22.6. The molecule has 2 aliphatic rings. The molecule has 1 aliphatic carbocycles. The van der Waals surface area contributed by atoms with Gasteiger partial charge in [0.1, 0.15) is 23.6 Å². The number of non-ortho nitro benzene ring substituents is 1. The third-order valence-corrected chi connectivity index (χ3v) is 9.27. The number of H-pyrrole nitrogens is 1. The highest BCUT2D eigenvalue weighted by Gasteiger charge is 2.50. The third kappa shape index (κ3) is 8.11. The lowest BCUT2D eigenvalue weighted by Gasteiger charge is -2.32. The Morgan fingerprint density at radius 1 is 1.32 bits per heavy atom. The van der Waals surface area contributed by atoms with Crippen molar-refractivity contribution in [3.05, 3.63) is 72.0 Å². The number of nitrogens with zero attached hydrogens (tertiary/aromatic N) is 2. The third-order valence-electron chi connectivity index (χ3n) is 7.36. The average molecular weight is 701 g/mol. The summed E-state index contributed by atoms with van der Waals surface area (Å²) in [7, 11) is -4.43. The summed E-state index contributed by atoms with van der Waals surface area (Å²) < 4.78 is 38.2. The van der Waals surface area contributed by atoms with E-state index >= 15 is 0 Å². The van der Waals surface area contributed by atoms with Crippen LogP contribution in [0.1, 0.15) is 63.7 Å². The molecule has 15 nitrogen and oxygen atoms in total. The van der Waals surface area contributed by atoms with E-state index < -0.39 is 60.5 Å². The number of benzene rings is 1. The van der Waals surface area contributed by atoms with Crippen LogP contribution in [0.3, 0.4) is 0 Å². The zero-order valence-corrected chi connectivity index (χ0v) is 26.4. The minimum atomic E-state index is -4.43. The van der Waals surface area contributed by atoms with Crippen LogP contribution >= 0.6 is 23.7 Å². The summed E-state index contributed by atoms with van der Waals surface area (Å²) in [5.74, 6) is -0.626. The Bertz CT molecular complexity index is 1520. The number of carbonyl (C=O) groups is 1. The van der Waals surface area contributed by atoms with Crippen molar-refractivity contribution >= 4 is 41.4 Å². The maximum Gasteiger partial charge on any atom is 0.459 e. The molecule has 1 aromatic heterocycles. The van der Waals surface area contributed by atoms with E-state index in [1.54, 1.807) is 0 Å². The predicted octanol–water partition coefficient (Wildman–Crippen LogP) is 3.91. The Kier molecular flexibility index (Phi) is 11.3. The molecule has 2 heterocycles. The number of hydrogen-bond donors (Lipinski definition) is 3. The minimum absolute atomic E-state index is 0.0307. The number of aliphatic hydroxyl groups is 1. The molecule has 2 unspecified atom stereocenters. The maximum atomic E-state index is 14.3. The average Bonchev–Trinajstić information content (AvgIpc) is 3.60. The Hall–Kier alpha value is -3.14. The van der Waals surface area contributed by atoms with Crippen LogP contribution in [0.25, 0.3) is 6.08 Å². The van der Waals surface area contributed by atoms with E-state index in [-0.39, 0.29) is 30.0 Å². The highest BCUT2D eigenvalue weighted by atomic mass is 79.9. The minimum Gasteiger partial charge on any atom is -0.464 e. The Morgan fingerprint density at radius 2 is 2.02 bits per heavy atom. The topological polar surface area (TPSA) is 201 Å². The standard InChI is InChI=1S/C27H34BrN4O11P/c1-2-3-14-40-25(35)27(11-4-5-12-27)30-44(39,43-20-8-6-19(7-9-20)32(37)38)41-17-22-21(33)15-23(42-22)31-16-18(10-13-28)24(34)29-26(31)36/h6-10,13,16,21-23,33H,2-5,11-12,14-15,17H2,1H3,(H,30,39)(H,29,34,36)/b13-10+/t21?,22-,23-,44?/m1/s1. The molecule has 1 aliphatic heterocycles. The molecule has 3 N–H and O–H groups in total. The van der Waals surface area contributed by atoms with Gasteiger partial charge in [-0.15, -0.1) is 0 Å². The van der Waals surface area contributed by atoms with Crippen molar-refractivity contribution in [1.29, 1.82) is 0 Å². The van der Waals surface area contributed by atoms with Crippen molar-refractivity contribution in [3.63, 3.8) is 0 Å². The summed E-state index contributed by atoms with van der Waals surface area (Å²) in [6.45, 7) is 1.66. The fourth-order valence-electron chi connectivity index (χ4n) is 5.01. The second kappa shape index (κ2) is 14.8. The van der Waals surface area contributed by atoms with Gasteiger partial charge in [-0.25, -0.2) is 9.36 Å². The van der Waals surface area contributed by atoms with Gasteiger partial charge in [-0.1, -0.05) is 42.1 Å². The number of nitrogens with one attached hydrogen (secondary N) is 2. The van der Waals surface area contributed by atoms with E-state index in [0.717, 1.165) is 11.0 Å². The first-order chi connectivity index (χ1) is 21.0. The van der Waals surface area contributed by atoms with Crippen LogP contribution in [-0.4, -0.2) is 56.5 Å². The maximum absolute atomic E-state index is 14.3. The van der Waals surface area contributed by atoms with E-state index in [0.29, 0.717) is 32.1 Å². The molecule has 0 spiro atoms. The zero-order valence-electron chi connectivity index (χ0n) is 23.9. The lowest BCUT2D eigenvalue weighted by molar-refractivity contribution is -0.384. The first kappa shape index (κ1) is 33.7. The van der Waals surface area contributed by atoms with E-state index in [9.17, 15) is 34.2 Å². The molecule has 17 heteroatoms. The van der Waals surface area contributed by atoms with Gasteiger partial charge in [0.25, 0.3) is 11.2 Å². The molecule has 4 atom stereocenters. The molecule has 0 amide bonds. The molecule has 4 rings (SSSR count).